The first-order valence-electron chi connectivity index (χ1n) is 6.82. The Kier molecular flexibility index (Phi) is 6.85. The summed E-state index contributed by atoms with van der Waals surface area (Å²) >= 11 is 1.50. The first-order valence-corrected chi connectivity index (χ1v) is 9.46. The summed E-state index contributed by atoms with van der Waals surface area (Å²) in [5.74, 6) is 0.977. The lowest BCUT2D eigenvalue weighted by atomic mass is 10.0. The van der Waals surface area contributed by atoms with Crippen LogP contribution in [-0.4, -0.2) is 26.0 Å². The van der Waals surface area contributed by atoms with Crippen molar-refractivity contribution in [1.82, 2.24) is 4.72 Å². The molecule has 0 spiro atoms. The lowest BCUT2D eigenvalue weighted by Crippen LogP contribution is -2.38. The Labute approximate surface area is 126 Å². The van der Waals surface area contributed by atoms with Crippen LogP contribution in [0, 0.1) is 5.92 Å². The van der Waals surface area contributed by atoms with Gasteiger partial charge in [0.25, 0.3) is 0 Å². The van der Waals surface area contributed by atoms with E-state index >= 15 is 0 Å². The largest absolute Gasteiger partial charge is 0.399 e. The van der Waals surface area contributed by atoms with Crippen LogP contribution in [-0.2, 0) is 10.0 Å². The van der Waals surface area contributed by atoms with Crippen LogP contribution in [0.2, 0.25) is 0 Å². The molecule has 0 aliphatic rings. The average molecular weight is 316 g/mol. The molecule has 0 saturated heterocycles. The second-order valence-electron chi connectivity index (χ2n) is 5.03. The maximum absolute atomic E-state index is 12.0. The zero-order chi connectivity index (χ0) is 15.2. The molecule has 0 radical (unpaired) electrons. The molecule has 1 aromatic rings. The van der Waals surface area contributed by atoms with Crippen molar-refractivity contribution in [1.29, 1.82) is 0 Å². The van der Waals surface area contributed by atoms with E-state index in [1.165, 1.54) is 11.8 Å². The summed E-state index contributed by atoms with van der Waals surface area (Å²) in [5, 5.41) is 0. The van der Waals surface area contributed by atoms with E-state index in [0.717, 1.165) is 11.3 Å². The quantitative estimate of drug-likeness (QED) is 0.571. The van der Waals surface area contributed by atoms with Crippen LogP contribution in [0.25, 0.3) is 0 Å². The molecule has 0 saturated carbocycles. The molecule has 1 rings (SSSR count). The molecule has 0 aliphatic carbocycles. The van der Waals surface area contributed by atoms with E-state index in [0.29, 0.717) is 17.4 Å². The molecule has 3 N–H and O–H groups in total. The Morgan fingerprint density at radius 1 is 1.35 bits per heavy atom. The number of benzene rings is 1. The van der Waals surface area contributed by atoms with Gasteiger partial charge in [-0.15, -0.1) is 11.8 Å². The monoisotopic (exact) mass is 316 g/mol. The van der Waals surface area contributed by atoms with Gasteiger partial charge in [0.05, 0.1) is 5.75 Å². The van der Waals surface area contributed by atoms with Crippen molar-refractivity contribution in [3.8, 4) is 0 Å². The number of hydrogen-bond acceptors (Lipinski definition) is 4. The van der Waals surface area contributed by atoms with Crippen molar-refractivity contribution in [2.45, 2.75) is 38.1 Å². The Morgan fingerprint density at radius 3 is 2.65 bits per heavy atom. The second kappa shape index (κ2) is 7.90. The molecule has 4 nitrogen and oxygen atoms in total. The maximum atomic E-state index is 12.0. The van der Waals surface area contributed by atoms with Gasteiger partial charge in [0, 0.05) is 22.4 Å². The fourth-order valence-electron chi connectivity index (χ4n) is 1.69. The van der Waals surface area contributed by atoms with Gasteiger partial charge in [-0.3, -0.25) is 0 Å². The first kappa shape index (κ1) is 17.3. The van der Waals surface area contributed by atoms with Crippen molar-refractivity contribution in [2.75, 3.05) is 17.2 Å². The molecular weight excluding hydrogens is 292 g/mol. The average Bonchev–Trinajstić information content (AvgIpc) is 2.37. The van der Waals surface area contributed by atoms with Crippen LogP contribution in [0.15, 0.2) is 29.2 Å². The van der Waals surface area contributed by atoms with E-state index < -0.39 is 10.0 Å². The maximum Gasteiger partial charge on any atom is 0.212 e. The van der Waals surface area contributed by atoms with Crippen LogP contribution in [0.4, 0.5) is 5.69 Å². The Bertz CT molecular complexity index is 518. The molecule has 0 aliphatic heterocycles. The topological polar surface area (TPSA) is 72.2 Å². The molecule has 2 unspecified atom stereocenters. The van der Waals surface area contributed by atoms with Crippen molar-refractivity contribution < 1.29 is 8.42 Å². The van der Waals surface area contributed by atoms with E-state index in [1.807, 2.05) is 31.2 Å². The first-order chi connectivity index (χ1) is 9.34. The fourth-order valence-corrected chi connectivity index (χ4v) is 4.44. The summed E-state index contributed by atoms with van der Waals surface area (Å²) in [6.07, 6.45) is 0.960. The van der Waals surface area contributed by atoms with Gasteiger partial charge in [0.2, 0.25) is 10.0 Å². The van der Waals surface area contributed by atoms with Gasteiger partial charge >= 0.3 is 0 Å². The van der Waals surface area contributed by atoms with E-state index in [4.69, 9.17) is 5.73 Å². The zero-order valence-corrected chi connectivity index (χ0v) is 13.9. The molecule has 2 atom stereocenters. The summed E-state index contributed by atoms with van der Waals surface area (Å²) in [4.78, 5) is 0.996. The highest BCUT2D eigenvalue weighted by atomic mass is 32.2. The van der Waals surface area contributed by atoms with Crippen molar-refractivity contribution in [2.24, 2.45) is 5.92 Å². The number of sulfonamides is 1. The molecule has 114 valence electrons. The normalized spacial score (nSPS) is 14.9. The molecule has 6 heteroatoms. The summed E-state index contributed by atoms with van der Waals surface area (Å²) in [5.41, 5.74) is 6.38. The van der Waals surface area contributed by atoms with Crippen molar-refractivity contribution >= 4 is 27.5 Å². The smallest absolute Gasteiger partial charge is 0.212 e. The second-order valence-corrected chi connectivity index (χ2v) is 8.07. The van der Waals surface area contributed by atoms with E-state index in [1.54, 1.807) is 0 Å². The molecule has 0 fully saturated rings. The third kappa shape index (κ3) is 6.15. The van der Waals surface area contributed by atoms with Crippen LogP contribution < -0.4 is 10.5 Å². The molecular formula is C14H24N2O2S2. The highest BCUT2D eigenvalue weighted by Gasteiger charge is 2.18. The zero-order valence-electron chi connectivity index (χ0n) is 12.3. The number of anilines is 1. The summed E-state index contributed by atoms with van der Waals surface area (Å²) in [6.45, 7) is 6.02. The number of hydrogen-bond donors (Lipinski definition) is 2. The molecule has 0 bridgehead atoms. The Morgan fingerprint density at radius 2 is 2.05 bits per heavy atom. The van der Waals surface area contributed by atoms with Gasteiger partial charge in [-0.2, -0.15) is 0 Å². The fraction of sp³-hybridized carbons (Fsp3) is 0.571. The number of nitrogen functional groups attached to an aromatic ring is 1. The van der Waals surface area contributed by atoms with Crippen LogP contribution in [0.5, 0.6) is 0 Å². The Hall–Kier alpha value is -0.720. The van der Waals surface area contributed by atoms with Gasteiger partial charge in [-0.1, -0.05) is 26.3 Å². The van der Waals surface area contributed by atoms with E-state index in [9.17, 15) is 8.42 Å². The van der Waals surface area contributed by atoms with Gasteiger partial charge in [-0.05, 0) is 31.0 Å². The van der Waals surface area contributed by atoms with Gasteiger partial charge in [0.1, 0.15) is 0 Å². The lowest BCUT2D eigenvalue weighted by molar-refractivity contribution is 0.434. The van der Waals surface area contributed by atoms with Crippen LogP contribution >= 0.6 is 11.8 Å². The summed E-state index contributed by atoms with van der Waals surface area (Å²) < 4.78 is 26.7. The third-order valence-corrected chi connectivity index (χ3v) is 6.07. The number of nitrogens with one attached hydrogen (secondary N) is 1. The minimum atomic E-state index is -3.22. The third-order valence-electron chi connectivity index (χ3n) is 3.34. The van der Waals surface area contributed by atoms with Crippen LogP contribution in [0.3, 0.4) is 0 Å². The highest BCUT2D eigenvalue weighted by Crippen LogP contribution is 2.20. The molecule has 0 heterocycles. The number of rotatable bonds is 8. The predicted octanol–water partition coefficient (Wildman–Crippen LogP) is 2.71. The van der Waals surface area contributed by atoms with E-state index in [-0.39, 0.29) is 11.8 Å². The molecule has 20 heavy (non-hydrogen) atoms. The van der Waals surface area contributed by atoms with Gasteiger partial charge in [-0.25, -0.2) is 13.1 Å². The van der Waals surface area contributed by atoms with E-state index in [2.05, 4.69) is 18.6 Å². The van der Waals surface area contributed by atoms with Crippen LogP contribution in [0.1, 0.15) is 27.2 Å². The lowest BCUT2D eigenvalue weighted by Gasteiger charge is -2.19. The molecule has 0 amide bonds. The number of nitrogens with two attached hydrogens (primary N) is 1. The standard InChI is InChI=1S/C14H24N2O2S2/c1-4-11(2)12(3)16-20(17,18)9-8-19-14-7-5-6-13(15)10-14/h5-7,10-12,16H,4,8-9,15H2,1-3H3. The minimum absolute atomic E-state index is 0.0256. The van der Waals surface area contributed by atoms with Crippen molar-refractivity contribution in [3.63, 3.8) is 0 Å². The summed E-state index contributed by atoms with van der Waals surface area (Å²) in [7, 11) is -3.22. The Balaban J connectivity index is 2.44. The highest BCUT2D eigenvalue weighted by molar-refractivity contribution is 8.00. The number of thioether (sulfide) groups is 1. The molecule has 1 aromatic carbocycles. The van der Waals surface area contributed by atoms with Crippen molar-refractivity contribution in [3.05, 3.63) is 24.3 Å². The van der Waals surface area contributed by atoms with Gasteiger partial charge in [0.15, 0.2) is 0 Å². The summed E-state index contributed by atoms with van der Waals surface area (Å²) in [6, 6.07) is 7.45. The minimum Gasteiger partial charge on any atom is -0.399 e. The predicted molar refractivity (Wildman–Crippen MR) is 87.4 cm³/mol. The molecule has 0 aromatic heterocycles. The SMILES string of the molecule is CCC(C)C(C)NS(=O)(=O)CCSc1cccc(N)c1. The van der Waals surface area contributed by atoms with Gasteiger partial charge < -0.3 is 5.73 Å².